The first-order valence-electron chi connectivity index (χ1n) is 4.40. The van der Waals surface area contributed by atoms with E-state index < -0.39 is 12.1 Å². The summed E-state index contributed by atoms with van der Waals surface area (Å²) in [6, 6.07) is 0. The van der Waals surface area contributed by atoms with Gasteiger partial charge in [0.2, 0.25) is 0 Å². The Balaban J connectivity index is 3.60. The van der Waals surface area contributed by atoms with Crippen LogP contribution in [0.5, 0.6) is 0 Å². The van der Waals surface area contributed by atoms with Crippen LogP contribution in [0.1, 0.15) is 26.2 Å². The van der Waals surface area contributed by atoms with Crippen LogP contribution in [-0.4, -0.2) is 22.3 Å². The molecule has 0 bridgehead atoms. The van der Waals surface area contributed by atoms with Crippen molar-refractivity contribution < 1.29 is 15.0 Å². The van der Waals surface area contributed by atoms with E-state index in [2.05, 4.69) is 0 Å². The first-order valence-corrected chi connectivity index (χ1v) is 4.40. The molecule has 0 aromatic carbocycles. The number of aliphatic hydroxyl groups is 1. The molecule has 13 heavy (non-hydrogen) atoms. The maximum Gasteiger partial charge on any atom is 0.303 e. The molecule has 0 rings (SSSR count). The minimum absolute atomic E-state index is 0.00297. The van der Waals surface area contributed by atoms with Crippen molar-refractivity contribution in [3.63, 3.8) is 0 Å². The molecule has 0 amide bonds. The summed E-state index contributed by atoms with van der Waals surface area (Å²) in [6.45, 7) is 2.02. The standard InChI is InChI=1S/C10H16O3/c1-2-3-4-5-6-9(11)7-8-10(12)13/h3-6,9,11H,2,7-8H2,1H3,(H,12,13)/b4-3+,6-5+/t9-/m1/s1. The molecule has 0 heterocycles. The monoisotopic (exact) mass is 184 g/mol. The molecule has 74 valence electrons. The number of allylic oxidation sites excluding steroid dienone is 3. The fraction of sp³-hybridized carbons (Fsp3) is 0.500. The minimum atomic E-state index is -0.878. The Morgan fingerprint density at radius 3 is 2.69 bits per heavy atom. The zero-order chi connectivity index (χ0) is 10.1. The summed E-state index contributed by atoms with van der Waals surface area (Å²) in [5.41, 5.74) is 0. The summed E-state index contributed by atoms with van der Waals surface area (Å²) >= 11 is 0. The van der Waals surface area contributed by atoms with E-state index in [0.717, 1.165) is 6.42 Å². The molecule has 0 aliphatic heterocycles. The Kier molecular flexibility index (Phi) is 6.92. The average molecular weight is 184 g/mol. The van der Waals surface area contributed by atoms with E-state index in [0.29, 0.717) is 0 Å². The molecular weight excluding hydrogens is 168 g/mol. The van der Waals surface area contributed by atoms with E-state index in [1.807, 2.05) is 19.1 Å². The van der Waals surface area contributed by atoms with Gasteiger partial charge >= 0.3 is 5.97 Å². The van der Waals surface area contributed by atoms with Crippen LogP contribution in [0.2, 0.25) is 0 Å². The third-order valence-electron chi connectivity index (χ3n) is 1.47. The van der Waals surface area contributed by atoms with Gasteiger partial charge in [-0.3, -0.25) is 4.79 Å². The summed E-state index contributed by atoms with van der Waals surface area (Å²) in [7, 11) is 0. The molecule has 0 spiro atoms. The van der Waals surface area contributed by atoms with Crippen molar-refractivity contribution in [1.82, 2.24) is 0 Å². The zero-order valence-electron chi connectivity index (χ0n) is 7.81. The van der Waals surface area contributed by atoms with E-state index >= 15 is 0 Å². The minimum Gasteiger partial charge on any atom is -0.481 e. The molecule has 0 aromatic heterocycles. The third-order valence-corrected chi connectivity index (χ3v) is 1.47. The van der Waals surface area contributed by atoms with Crippen molar-refractivity contribution in [1.29, 1.82) is 0 Å². The highest BCUT2D eigenvalue weighted by Gasteiger charge is 2.02. The van der Waals surface area contributed by atoms with Crippen LogP contribution in [0.4, 0.5) is 0 Å². The van der Waals surface area contributed by atoms with Crippen molar-refractivity contribution >= 4 is 5.97 Å². The van der Waals surface area contributed by atoms with Crippen molar-refractivity contribution in [2.45, 2.75) is 32.3 Å². The van der Waals surface area contributed by atoms with Crippen LogP contribution in [0.15, 0.2) is 24.3 Å². The molecule has 0 aliphatic carbocycles. The number of carbonyl (C=O) groups is 1. The molecule has 2 N–H and O–H groups in total. The Labute approximate surface area is 78.4 Å². The van der Waals surface area contributed by atoms with Crippen LogP contribution in [-0.2, 0) is 4.79 Å². The Hall–Kier alpha value is -1.09. The van der Waals surface area contributed by atoms with Gasteiger partial charge in [0, 0.05) is 6.42 Å². The molecule has 3 nitrogen and oxygen atoms in total. The number of hydrogen-bond acceptors (Lipinski definition) is 2. The Morgan fingerprint density at radius 2 is 2.15 bits per heavy atom. The lowest BCUT2D eigenvalue weighted by atomic mass is 10.2. The average Bonchev–Trinajstić information content (AvgIpc) is 2.09. The van der Waals surface area contributed by atoms with Gasteiger partial charge in [-0.1, -0.05) is 31.2 Å². The fourth-order valence-corrected chi connectivity index (χ4v) is 0.775. The quantitative estimate of drug-likeness (QED) is 0.618. The highest BCUT2D eigenvalue weighted by molar-refractivity contribution is 5.66. The predicted molar refractivity (Wildman–Crippen MR) is 51.4 cm³/mol. The van der Waals surface area contributed by atoms with E-state index in [9.17, 15) is 9.90 Å². The molecule has 3 heteroatoms. The normalized spacial score (nSPS) is 14.0. The highest BCUT2D eigenvalue weighted by Crippen LogP contribution is 1.98. The van der Waals surface area contributed by atoms with Crippen molar-refractivity contribution in [2.75, 3.05) is 0 Å². The van der Waals surface area contributed by atoms with Gasteiger partial charge < -0.3 is 10.2 Å². The first-order chi connectivity index (χ1) is 6.16. The second-order valence-electron chi connectivity index (χ2n) is 2.72. The number of aliphatic carboxylic acids is 1. The molecule has 0 fully saturated rings. The van der Waals surface area contributed by atoms with Gasteiger partial charge in [-0.2, -0.15) is 0 Å². The largest absolute Gasteiger partial charge is 0.481 e. The molecule has 0 radical (unpaired) electrons. The maximum absolute atomic E-state index is 10.1. The topological polar surface area (TPSA) is 57.5 Å². The zero-order valence-corrected chi connectivity index (χ0v) is 7.81. The van der Waals surface area contributed by atoms with Gasteiger partial charge in [0.05, 0.1) is 6.10 Å². The lowest BCUT2D eigenvalue weighted by Gasteiger charge is -2.00. The summed E-state index contributed by atoms with van der Waals surface area (Å²) in [5.74, 6) is -0.878. The van der Waals surface area contributed by atoms with Crippen LogP contribution in [0.3, 0.4) is 0 Å². The highest BCUT2D eigenvalue weighted by atomic mass is 16.4. The molecule has 0 unspecified atom stereocenters. The van der Waals surface area contributed by atoms with Gasteiger partial charge in [0.1, 0.15) is 0 Å². The Morgan fingerprint density at radius 1 is 1.46 bits per heavy atom. The predicted octanol–water partition coefficient (Wildman–Crippen LogP) is 1.73. The summed E-state index contributed by atoms with van der Waals surface area (Å²) in [4.78, 5) is 10.1. The lowest BCUT2D eigenvalue weighted by Crippen LogP contribution is -2.05. The van der Waals surface area contributed by atoms with Gasteiger partial charge in [-0.15, -0.1) is 0 Å². The summed E-state index contributed by atoms with van der Waals surface area (Å²) in [5, 5.41) is 17.5. The first kappa shape index (κ1) is 11.9. The van der Waals surface area contributed by atoms with Gasteiger partial charge in [0.25, 0.3) is 0 Å². The number of carboxylic acids is 1. The lowest BCUT2D eigenvalue weighted by molar-refractivity contribution is -0.137. The van der Waals surface area contributed by atoms with Crippen LogP contribution in [0, 0.1) is 0 Å². The molecule has 0 saturated carbocycles. The second kappa shape index (κ2) is 7.55. The van der Waals surface area contributed by atoms with Crippen LogP contribution in [0.25, 0.3) is 0 Å². The smallest absolute Gasteiger partial charge is 0.303 e. The van der Waals surface area contributed by atoms with Crippen LogP contribution < -0.4 is 0 Å². The molecule has 0 aromatic rings. The van der Waals surface area contributed by atoms with E-state index in [4.69, 9.17) is 5.11 Å². The fourth-order valence-electron chi connectivity index (χ4n) is 0.775. The van der Waals surface area contributed by atoms with E-state index in [1.165, 1.54) is 0 Å². The second-order valence-corrected chi connectivity index (χ2v) is 2.72. The molecule has 0 saturated heterocycles. The van der Waals surface area contributed by atoms with Gasteiger partial charge in [-0.25, -0.2) is 0 Å². The van der Waals surface area contributed by atoms with Gasteiger partial charge in [-0.05, 0) is 12.8 Å². The number of rotatable bonds is 6. The Bertz CT molecular complexity index is 194. The maximum atomic E-state index is 10.1. The number of hydrogen-bond donors (Lipinski definition) is 2. The SMILES string of the molecule is CC/C=C/C=C/[C@@H](O)CCC(=O)O. The van der Waals surface area contributed by atoms with Crippen molar-refractivity contribution in [3.05, 3.63) is 24.3 Å². The van der Waals surface area contributed by atoms with E-state index in [-0.39, 0.29) is 12.8 Å². The summed E-state index contributed by atoms with van der Waals surface area (Å²) < 4.78 is 0. The van der Waals surface area contributed by atoms with Gasteiger partial charge in [0.15, 0.2) is 0 Å². The van der Waals surface area contributed by atoms with Crippen molar-refractivity contribution in [2.24, 2.45) is 0 Å². The molecule has 0 aliphatic rings. The van der Waals surface area contributed by atoms with E-state index in [1.54, 1.807) is 12.2 Å². The van der Waals surface area contributed by atoms with Crippen LogP contribution >= 0.6 is 0 Å². The number of aliphatic hydroxyl groups excluding tert-OH is 1. The molecular formula is C10H16O3. The summed E-state index contributed by atoms with van der Waals surface area (Å²) in [6.07, 6.45) is 7.69. The number of carboxylic acid groups (broad SMARTS) is 1. The third kappa shape index (κ3) is 8.82. The van der Waals surface area contributed by atoms with Crippen molar-refractivity contribution in [3.8, 4) is 0 Å². The molecule has 1 atom stereocenters.